The van der Waals surface area contributed by atoms with Gasteiger partial charge in [0.05, 0.1) is 10.6 Å². The summed E-state index contributed by atoms with van der Waals surface area (Å²) < 4.78 is 32.2. The Bertz CT molecular complexity index is 1010. The van der Waals surface area contributed by atoms with Gasteiger partial charge in [-0.15, -0.1) is 0 Å². The zero-order valence-electron chi connectivity index (χ0n) is 14.1. The van der Waals surface area contributed by atoms with Gasteiger partial charge in [-0.3, -0.25) is 14.5 Å². The van der Waals surface area contributed by atoms with Gasteiger partial charge in [0.15, 0.2) is 5.76 Å². The van der Waals surface area contributed by atoms with Crippen LogP contribution in [-0.2, 0) is 10.0 Å². The lowest BCUT2D eigenvalue weighted by Crippen LogP contribution is -2.15. The number of sulfonamides is 1. The van der Waals surface area contributed by atoms with Crippen LogP contribution in [0.15, 0.2) is 58.2 Å². The number of rotatable bonds is 5. The van der Waals surface area contributed by atoms with Gasteiger partial charge in [0, 0.05) is 18.0 Å². The maximum atomic E-state index is 12.4. The van der Waals surface area contributed by atoms with Gasteiger partial charge in [-0.1, -0.05) is 5.16 Å². The number of amides is 1. The van der Waals surface area contributed by atoms with E-state index < -0.39 is 10.0 Å². The molecule has 0 saturated carbocycles. The summed E-state index contributed by atoms with van der Waals surface area (Å²) >= 11 is 0. The number of hydrogen-bond acceptors (Lipinski definition) is 6. The van der Waals surface area contributed by atoms with Crippen molar-refractivity contribution in [3.63, 3.8) is 0 Å². The van der Waals surface area contributed by atoms with Gasteiger partial charge in [-0.2, -0.15) is 0 Å². The minimum absolute atomic E-state index is 0.0446. The molecule has 9 heteroatoms. The molecule has 0 atom stereocenters. The molecule has 3 aromatic rings. The first-order chi connectivity index (χ1) is 12.4. The number of aryl methyl sites for hydroxylation is 2. The monoisotopic (exact) mass is 372 g/mol. The zero-order valence-corrected chi connectivity index (χ0v) is 14.9. The topological polar surface area (TPSA) is 114 Å². The summed E-state index contributed by atoms with van der Waals surface area (Å²) in [5, 5.41) is 6.47. The maximum Gasteiger partial charge on any atom is 0.261 e. The summed E-state index contributed by atoms with van der Waals surface area (Å²) in [6.07, 6.45) is 2.97. The van der Waals surface area contributed by atoms with E-state index in [4.69, 9.17) is 4.52 Å². The number of anilines is 2. The minimum atomic E-state index is -3.75. The summed E-state index contributed by atoms with van der Waals surface area (Å²) in [6.45, 7) is 3.41. The fourth-order valence-corrected chi connectivity index (χ4v) is 3.33. The van der Waals surface area contributed by atoms with Gasteiger partial charge in [0.25, 0.3) is 15.9 Å². The van der Waals surface area contributed by atoms with Crippen molar-refractivity contribution in [3.8, 4) is 0 Å². The van der Waals surface area contributed by atoms with E-state index in [9.17, 15) is 13.2 Å². The van der Waals surface area contributed by atoms with Crippen LogP contribution in [0.1, 0.15) is 21.8 Å². The van der Waals surface area contributed by atoms with Crippen LogP contribution in [0.25, 0.3) is 0 Å². The predicted molar refractivity (Wildman–Crippen MR) is 95.4 cm³/mol. The van der Waals surface area contributed by atoms with Crippen molar-refractivity contribution in [3.05, 3.63) is 65.8 Å². The second-order valence-corrected chi connectivity index (χ2v) is 7.20. The van der Waals surface area contributed by atoms with Crippen LogP contribution in [-0.4, -0.2) is 24.5 Å². The highest BCUT2D eigenvalue weighted by Gasteiger charge is 2.17. The van der Waals surface area contributed by atoms with E-state index in [0.29, 0.717) is 28.4 Å². The van der Waals surface area contributed by atoms with Crippen LogP contribution in [0.5, 0.6) is 0 Å². The molecular formula is C17H16N4O4S. The van der Waals surface area contributed by atoms with Gasteiger partial charge in [0.1, 0.15) is 11.4 Å². The molecule has 0 radical (unpaired) electrons. The smallest absolute Gasteiger partial charge is 0.261 e. The Balaban J connectivity index is 1.76. The predicted octanol–water partition coefficient (Wildman–Crippen LogP) is 2.74. The van der Waals surface area contributed by atoms with E-state index in [2.05, 4.69) is 20.2 Å². The Morgan fingerprint density at radius 2 is 1.69 bits per heavy atom. The number of aromatic nitrogens is 2. The van der Waals surface area contributed by atoms with Crippen molar-refractivity contribution in [2.24, 2.45) is 0 Å². The highest BCUT2D eigenvalue weighted by atomic mass is 32.2. The molecule has 26 heavy (non-hydrogen) atoms. The molecule has 0 aliphatic heterocycles. The molecular weight excluding hydrogens is 356 g/mol. The van der Waals surface area contributed by atoms with Crippen LogP contribution in [0.2, 0.25) is 0 Å². The molecule has 0 aliphatic rings. The van der Waals surface area contributed by atoms with E-state index in [1.807, 2.05) is 0 Å². The molecule has 8 nitrogen and oxygen atoms in total. The van der Waals surface area contributed by atoms with Crippen LogP contribution in [0, 0.1) is 13.8 Å². The first kappa shape index (κ1) is 17.6. The average molecular weight is 372 g/mol. The van der Waals surface area contributed by atoms with Crippen molar-refractivity contribution < 1.29 is 17.7 Å². The second kappa shape index (κ2) is 6.96. The lowest BCUT2D eigenvalue weighted by Gasteiger charge is -2.09. The first-order valence-electron chi connectivity index (χ1n) is 7.64. The van der Waals surface area contributed by atoms with Crippen molar-refractivity contribution in [2.75, 3.05) is 10.0 Å². The van der Waals surface area contributed by atoms with Gasteiger partial charge >= 0.3 is 0 Å². The van der Waals surface area contributed by atoms with Crippen LogP contribution in [0.4, 0.5) is 11.4 Å². The van der Waals surface area contributed by atoms with Gasteiger partial charge < -0.3 is 9.84 Å². The lowest BCUT2D eigenvalue weighted by atomic mass is 10.2. The number of pyridine rings is 1. The van der Waals surface area contributed by atoms with Crippen molar-refractivity contribution in [2.45, 2.75) is 18.7 Å². The van der Waals surface area contributed by atoms with Crippen molar-refractivity contribution in [1.82, 2.24) is 10.1 Å². The van der Waals surface area contributed by atoms with Gasteiger partial charge in [-0.25, -0.2) is 8.42 Å². The Kier molecular flexibility index (Phi) is 4.72. The third-order valence-electron chi connectivity index (χ3n) is 3.63. The van der Waals surface area contributed by atoms with E-state index in [1.165, 1.54) is 36.7 Å². The molecule has 3 rings (SSSR count). The molecule has 0 spiro atoms. The summed E-state index contributed by atoms with van der Waals surface area (Å²) in [4.78, 5) is 16.2. The molecule has 2 aromatic heterocycles. The number of carbonyl (C=O) groups is 1. The van der Waals surface area contributed by atoms with Crippen molar-refractivity contribution in [1.29, 1.82) is 0 Å². The highest BCUT2D eigenvalue weighted by molar-refractivity contribution is 7.92. The highest BCUT2D eigenvalue weighted by Crippen LogP contribution is 2.20. The van der Waals surface area contributed by atoms with E-state index in [1.54, 1.807) is 26.0 Å². The fourth-order valence-electron chi connectivity index (χ4n) is 2.27. The second-order valence-electron chi connectivity index (χ2n) is 5.52. The third kappa shape index (κ3) is 3.72. The SMILES string of the molecule is Cc1noc(C)c1NC(=O)c1ccc(S(=O)(=O)Nc2ccncc2)cc1. The summed E-state index contributed by atoms with van der Waals surface area (Å²) in [7, 11) is -3.75. The molecule has 134 valence electrons. The van der Waals surface area contributed by atoms with E-state index in [-0.39, 0.29) is 10.8 Å². The number of nitrogens with zero attached hydrogens (tertiary/aromatic N) is 2. The largest absolute Gasteiger partial charge is 0.359 e. The molecule has 1 amide bonds. The Hall–Kier alpha value is -3.20. The number of hydrogen-bond donors (Lipinski definition) is 2. The van der Waals surface area contributed by atoms with Crippen LogP contribution < -0.4 is 10.0 Å². The Morgan fingerprint density at radius 3 is 2.27 bits per heavy atom. The number of benzene rings is 1. The molecule has 0 unspecified atom stereocenters. The maximum absolute atomic E-state index is 12.4. The standard InChI is InChI=1S/C17H16N4O4S/c1-11-16(12(2)25-20-11)19-17(22)13-3-5-15(6-4-13)26(23,24)21-14-7-9-18-10-8-14/h3-10H,1-2H3,(H,18,21)(H,19,22). The summed E-state index contributed by atoms with van der Waals surface area (Å²) in [5.41, 5.74) is 1.79. The molecule has 2 heterocycles. The Labute approximate surface area is 150 Å². The van der Waals surface area contributed by atoms with Gasteiger partial charge in [0.2, 0.25) is 0 Å². The fraction of sp³-hybridized carbons (Fsp3) is 0.118. The normalized spacial score (nSPS) is 11.2. The summed E-state index contributed by atoms with van der Waals surface area (Å²) in [6, 6.07) is 8.70. The van der Waals surface area contributed by atoms with E-state index >= 15 is 0 Å². The number of carbonyl (C=O) groups excluding carboxylic acids is 1. The first-order valence-corrected chi connectivity index (χ1v) is 9.12. The molecule has 0 saturated heterocycles. The van der Waals surface area contributed by atoms with Gasteiger partial charge in [-0.05, 0) is 50.2 Å². The zero-order chi connectivity index (χ0) is 18.7. The summed E-state index contributed by atoms with van der Waals surface area (Å²) in [5.74, 6) is 0.113. The third-order valence-corrected chi connectivity index (χ3v) is 5.03. The quantitative estimate of drug-likeness (QED) is 0.712. The average Bonchev–Trinajstić information content (AvgIpc) is 2.94. The minimum Gasteiger partial charge on any atom is -0.359 e. The van der Waals surface area contributed by atoms with Crippen LogP contribution in [0.3, 0.4) is 0 Å². The molecule has 0 fully saturated rings. The lowest BCUT2D eigenvalue weighted by molar-refractivity contribution is 0.102. The molecule has 1 aromatic carbocycles. The molecule has 0 aliphatic carbocycles. The van der Waals surface area contributed by atoms with E-state index in [0.717, 1.165) is 0 Å². The Morgan fingerprint density at radius 1 is 1.04 bits per heavy atom. The van der Waals surface area contributed by atoms with Crippen LogP contribution >= 0.6 is 0 Å². The molecule has 0 bridgehead atoms. The molecule has 2 N–H and O–H groups in total. The van der Waals surface area contributed by atoms with Crippen molar-refractivity contribution >= 4 is 27.3 Å². The number of nitrogens with one attached hydrogen (secondary N) is 2.